The lowest BCUT2D eigenvalue weighted by Crippen LogP contribution is -2.21. The van der Waals surface area contributed by atoms with Crippen LogP contribution < -0.4 is 4.74 Å². The standard InChI is InChI=1S/C25H32F3OSi/c1-2-29-23-12-11-22(24(27)25(23)28)21-9-7-19(8-10-21)5-6-20-13-17-30(18-14-20)16-4-3-15-26/h7-12,20H,2-6,13-18H2,1H3. The molecule has 163 valence electrons. The van der Waals surface area contributed by atoms with Gasteiger partial charge in [0.1, 0.15) is 0 Å². The van der Waals surface area contributed by atoms with Crippen LogP contribution in [0.3, 0.4) is 0 Å². The summed E-state index contributed by atoms with van der Waals surface area (Å²) in [6.45, 7) is 1.87. The van der Waals surface area contributed by atoms with Gasteiger partial charge in [0.25, 0.3) is 0 Å². The SMILES string of the molecule is CCOc1ccc(-c2ccc(CCC3CC[Si](CCCCF)CC3)cc2)c(F)c1F. The first-order valence-corrected chi connectivity index (χ1v) is 13.3. The van der Waals surface area contributed by atoms with E-state index in [1.54, 1.807) is 13.0 Å². The second-order valence-corrected chi connectivity index (χ2v) is 11.2. The lowest BCUT2D eigenvalue weighted by molar-refractivity contribution is 0.314. The zero-order valence-electron chi connectivity index (χ0n) is 17.9. The van der Waals surface area contributed by atoms with Crippen LogP contribution in [-0.4, -0.2) is 22.1 Å². The Bertz CT molecular complexity index is 786. The highest BCUT2D eigenvalue weighted by atomic mass is 28.3. The van der Waals surface area contributed by atoms with E-state index in [-0.39, 0.29) is 26.8 Å². The predicted octanol–water partition coefficient (Wildman–Crippen LogP) is 7.62. The monoisotopic (exact) mass is 433 g/mol. The molecule has 1 radical (unpaired) electrons. The Kier molecular flexibility index (Phi) is 8.85. The van der Waals surface area contributed by atoms with Gasteiger partial charge in [-0.25, -0.2) is 4.39 Å². The first-order chi connectivity index (χ1) is 14.6. The highest BCUT2D eigenvalue weighted by Crippen LogP contribution is 2.32. The average Bonchev–Trinajstić information content (AvgIpc) is 2.77. The van der Waals surface area contributed by atoms with Crippen molar-refractivity contribution in [1.82, 2.24) is 0 Å². The molecule has 0 unspecified atom stereocenters. The van der Waals surface area contributed by atoms with Crippen LogP contribution in [0.25, 0.3) is 11.1 Å². The number of unbranched alkanes of at least 4 members (excludes halogenated alkanes) is 1. The fraction of sp³-hybridized carbons (Fsp3) is 0.520. The fourth-order valence-electron chi connectivity index (χ4n) is 4.34. The maximum Gasteiger partial charge on any atom is 0.201 e. The summed E-state index contributed by atoms with van der Waals surface area (Å²) in [5.74, 6) is -1.05. The molecule has 5 heteroatoms. The molecule has 30 heavy (non-hydrogen) atoms. The average molecular weight is 434 g/mol. The summed E-state index contributed by atoms with van der Waals surface area (Å²) >= 11 is 0. The van der Waals surface area contributed by atoms with E-state index in [1.165, 1.54) is 49.0 Å². The molecule has 0 amide bonds. The Morgan fingerprint density at radius 3 is 2.37 bits per heavy atom. The smallest absolute Gasteiger partial charge is 0.201 e. The topological polar surface area (TPSA) is 9.23 Å². The molecule has 0 aliphatic carbocycles. The summed E-state index contributed by atoms with van der Waals surface area (Å²) in [4.78, 5) is 0. The Morgan fingerprint density at radius 1 is 0.967 bits per heavy atom. The number of alkyl halides is 1. The molecule has 3 rings (SSSR count). The third kappa shape index (κ3) is 6.13. The number of rotatable bonds is 10. The van der Waals surface area contributed by atoms with Crippen LogP contribution in [0.4, 0.5) is 13.2 Å². The number of hydrogen-bond acceptors (Lipinski definition) is 1. The van der Waals surface area contributed by atoms with Crippen LogP contribution in [-0.2, 0) is 6.42 Å². The highest BCUT2D eigenvalue weighted by Gasteiger charge is 2.22. The van der Waals surface area contributed by atoms with Crippen LogP contribution in [0.5, 0.6) is 5.75 Å². The summed E-state index contributed by atoms with van der Waals surface area (Å²) in [7, 11) is -0.227. The quantitative estimate of drug-likeness (QED) is 0.277. The molecular weight excluding hydrogens is 401 g/mol. The number of hydrogen-bond donors (Lipinski definition) is 0. The fourth-order valence-corrected chi connectivity index (χ4v) is 7.47. The van der Waals surface area contributed by atoms with Crippen LogP contribution >= 0.6 is 0 Å². The Hall–Kier alpha value is -1.75. The zero-order chi connectivity index (χ0) is 21.3. The molecule has 1 fully saturated rings. The summed E-state index contributed by atoms with van der Waals surface area (Å²) < 4.78 is 45.9. The van der Waals surface area contributed by atoms with E-state index in [4.69, 9.17) is 4.74 Å². The minimum Gasteiger partial charge on any atom is -0.491 e. The first-order valence-electron chi connectivity index (χ1n) is 11.2. The van der Waals surface area contributed by atoms with E-state index in [1.807, 2.05) is 24.3 Å². The molecule has 1 heterocycles. The Balaban J connectivity index is 1.50. The zero-order valence-corrected chi connectivity index (χ0v) is 18.9. The van der Waals surface area contributed by atoms with Crippen molar-refractivity contribution in [1.29, 1.82) is 0 Å². The summed E-state index contributed by atoms with van der Waals surface area (Å²) in [6.07, 6.45) is 6.65. The lowest BCUT2D eigenvalue weighted by Gasteiger charge is -2.27. The second kappa shape index (κ2) is 11.6. The van der Waals surface area contributed by atoms with Gasteiger partial charge >= 0.3 is 0 Å². The van der Waals surface area contributed by atoms with E-state index in [0.717, 1.165) is 25.2 Å². The first kappa shape index (κ1) is 22.9. The van der Waals surface area contributed by atoms with E-state index in [2.05, 4.69) is 0 Å². The van der Waals surface area contributed by atoms with Gasteiger partial charge in [0.15, 0.2) is 11.6 Å². The number of aryl methyl sites for hydroxylation is 1. The molecule has 0 spiro atoms. The highest BCUT2D eigenvalue weighted by molar-refractivity contribution is 6.58. The van der Waals surface area contributed by atoms with E-state index in [9.17, 15) is 13.2 Å². The van der Waals surface area contributed by atoms with Crippen molar-refractivity contribution >= 4 is 8.80 Å². The van der Waals surface area contributed by atoms with Gasteiger partial charge in [-0.3, -0.25) is 4.39 Å². The van der Waals surface area contributed by atoms with Gasteiger partial charge < -0.3 is 4.74 Å². The van der Waals surface area contributed by atoms with Crippen molar-refractivity contribution in [2.75, 3.05) is 13.3 Å². The van der Waals surface area contributed by atoms with Gasteiger partial charge in [-0.1, -0.05) is 61.7 Å². The van der Waals surface area contributed by atoms with Gasteiger partial charge in [0.05, 0.1) is 13.3 Å². The van der Waals surface area contributed by atoms with Crippen molar-refractivity contribution < 1.29 is 17.9 Å². The minimum absolute atomic E-state index is 0.0465. The summed E-state index contributed by atoms with van der Waals surface area (Å²) in [5, 5.41) is 0. The lowest BCUT2D eigenvalue weighted by atomic mass is 9.93. The largest absolute Gasteiger partial charge is 0.491 e. The van der Waals surface area contributed by atoms with E-state index < -0.39 is 11.6 Å². The number of benzene rings is 2. The second-order valence-electron chi connectivity index (χ2n) is 8.25. The van der Waals surface area contributed by atoms with Gasteiger partial charge in [-0.05, 0) is 55.4 Å². The van der Waals surface area contributed by atoms with E-state index in [0.29, 0.717) is 12.2 Å². The third-order valence-electron chi connectivity index (χ3n) is 6.18. The third-order valence-corrected chi connectivity index (χ3v) is 9.23. The molecule has 0 aromatic heterocycles. The molecule has 0 bridgehead atoms. The van der Waals surface area contributed by atoms with Crippen molar-refractivity contribution in [2.45, 2.75) is 63.6 Å². The van der Waals surface area contributed by atoms with Crippen LogP contribution in [0.15, 0.2) is 36.4 Å². The molecule has 0 atom stereocenters. The van der Waals surface area contributed by atoms with E-state index >= 15 is 0 Å². The summed E-state index contributed by atoms with van der Waals surface area (Å²) in [6, 6.07) is 14.9. The van der Waals surface area contributed by atoms with Crippen molar-refractivity contribution in [3.05, 3.63) is 53.6 Å². The number of halogens is 3. The van der Waals surface area contributed by atoms with Crippen LogP contribution in [0.2, 0.25) is 18.1 Å². The number of ether oxygens (including phenoxy) is 1. The van der Waals surface area contributed by atoms with Crippen molar-refractivity contribution in [3.63, 3.8) is 0 Å². The predicted molar refractivity (Wildman–Crippen MR) is 119 cm³/mol. The molecule has 2 aromatic rings. The maximum absolute atomic E-state index is 14.4. The van der Waals surface area contributed by atoms with Crippen molar-refractivity contribution in [3.8, 4) is 16.9 Å². The van der Waals surface area contributed by atoms with Gasteiger partial charge in [-0.2, -0.15) is 4.39 Å². The Morgan fingerprint density at radius 2 is 1.70 bits per heavy atom. The molecule has 1 nitrogen and oxygen atoms in total. The van der Waals surface area contributed by atoms with Crippen LogP contribution in [0, 0.1) is 17.6 Å². The molecular formula is C25H32F3OSi. The van der Waals surface area contributed by atoms with Crippen molar-refractivity contribution in [2.24, 2.45) is 5.92 Å². The van der Waals surface area contributed by atoms with Crippen LogP contribution in [0.1, 0.15) is 44.6 Å². The van der Waals surface area contributed by atoms with Gasteiger partial charge in [-0.15, -0.1) is 0 Å². The Labute approximate surface area is 180 Å². The molecule has 1 aliphatic heterocycles. The minimum atomic E-state index is -0.929. The normalized spacial score (nSPS) is 15.5. The molecule has 1 saturated heterocycles. The molecule has 0 saturated carbocycles. The van der Waals surface area contributed by atoms with Gasteiger partial charge in [0.2, 0.25) is 5.82 Å². The molecule has 1 aliphatic rings. The van der Waals surface area contributed by atoms with Gasteiger partial charge in [0, 0.05) is 14.4 Å². The molecule has 0 N–H and O–H groups in total. The molecule has 2 aromatic carbocycles. The summed E-state index contributed by atoms with van der Waals surface area (Å²) in [5.41, 5.74) is 2.18. The maximum atomic E-state index is 14.4.